The van der Waals surface area contributed by atoms with Crippen LogP contribution in [0.25, 0.3) is 0 Å². The molecule has 0 aromatic carbocycles. The van der Waals surface area contributed by atoms with Crippen LogP contribution in [0.1, 0.15) is 32.1 Å². The lowest BCUT2D eigenvalue weighted by molar-refractivity contribution is -0.362. The molecule has 0 spiro atoms. The van der Waals surface area contributed by atoms with Crippen LogP contribution in [0.4, 0.5) is 0 Å². The minimum Gasteiger partial charge on any atom is -0.394 e. The molecule has 0 aromatic rings. The number of fused-ring (bicyclic) bond motifs is 1. The molecule has 244 valence electrons. The average Bonchev–Trinajstić information content (AvgIpc) is 2.95. The lowest BCUT2D eigenvalue weighted by atomic mass is 9.72. The molecular formula is C26H44O16. The van der Waals surface area contributed by atoms with Crippen molar-refractivity contribution >= 4 is 0 Å². The molecule has 5 rings (SSSR count). The van der Waals surface area contributed by atoms with Crippen LogP contribution in [0.15, 0.2) is 0 Å². The van der Waals surface area contributed by atoms with Gasteiger partial charge in [-0.15, -0.1) is 0 Å². The Labute approximate surface area is 241 Å². The van der Waals surface area contributed by atoms with Crippen LogP contribution >= 0.6 is 0 Å². The van der Waals surface area contributed by atoms with E-state index in [4.69, 9.17) is 23.7 Å². The highest BCUT2D eigenvalue weighted by atomic mass is 16.7. The van der Waals surface area contributed by atoms with Gasteiger partial charge in [-0.1, -0.05) is 0 Å². The van der Waals surface area contributed by atoms with Crippen LogP contribution < -0.4 is 0 Å². The van der Waals surface area contributed by atoms with Gasteiger partial charge in [0.25, 0.3) is 0 Å². The predicted octanol–water partition coefficient (Wildman–Crippen LogP) is -5.58. The van der Waals surface area contributed by atoms with Gasteiger partial charge in [0, 0.05) is 5.92 Å². The van der Waals surface area contributed by atoms with Crippen molar-refractivity contribution in [3.8, 4) is 0 Å². The molecule has 3 heterocycles. The molecule has 17 atom stereocenters. The van der Waals surface area contributed by atoms with E-state index in [-0.39, 0.29) is 38.7 Å². The number of ether oxygens (including phenoxy) is 5. The summed E-state index contributed by atoms with van der Waals surface area (Å²) in [5, 5.41) is 113. The summed E-state index contributed by atoms with van der Waals surface area (Å²) in [5.41, 5.74) is 0. The van der Waals surface area contributed by atoms with Gasteiger partial charge in [-0.25, -0.2) is 0 Å². The standard InChI is InChI=1S/C26H44O16/c27-6-17-24(42-25-21(36)19(34)14(32)7-38-25)20(35)22(37)26(41-17)40-16-5-10-11(29)3-9(28)4-15(10)39-23(16)8-1-12(30)18(33)13(31)2-8/h8-37H,1-7H2. The average molecular weight is 613 g/mol. The van der Waals surface area contributed by atoms with E-state index in [9.17, 15) is 56.2 Å². The van der Waals surface area contributed by atoms with E-state index in [1.54, 1.807) is 0 Å². The normalized spacial score (nSPS) is 55.6. The molecule has 42 heavy (non-hydrogen) atoms. The number of aliphatic hydroxyl groups is 11. The molecule has 3 saturated heterocycles. The Morgan fingerprint density at radius 1 is 0.595 bits per heavy atom. The molecule has 5 aliphatic rings. The van der Waals surface area contributed by atoms with Crippen molar-refractivity contribution in [2.75, 3.05) is 13.2 Å². The molecule has 16 nitrogen and oxygen atoms in total. The molecule has 2 aliphatic carbocycles. The van der Waals surface area contributed by atoms with Crippen molar-refractivity contribution in [3.63, 3.8) is 0 Å². The molecule has 0 aromatic heterocycles. The Balaban J connectivity index is 1.32. The SMILES string of the molecule is OCC1OC(OC2CC3C(O)CC(O)CC3OC2C2CC(O)C(O)C(O)C2)C(O)C(O)C1OC1OCC(O)C(O)C1O. The first-order valence-electron chi connectivity index (χ1n) is 14.5. The summed E-state index contributed by atoms with van der Waals surface area (Å²) in [6, 6.07) is 0. The van der Waals surface area contributed by atoms with Gasteiger partial charge >= 0.3 is 0 Å². The first-order chi connectivity index (χ1) is 19.9. The smallest absolute Gasteiger partial charge is 0.187 e. The third-order valence-corrected chi connectivity index (χ3v) is 9.41. The highest BCUT2D eigenvalue weighted by molar-refractivity contribution is 5.00. The summed E-state index contributed by atoms with van der Waals surface area (Å²) >= 11 is 0. The van der Waals surface area contributed by atoms with Gasteiger partial charge in [-0.3, -0.25) is 0 Å². The van der Waals surface area contributed by atoms with E-state index >= 15 is 0 Å². The lowest BCUT2D eigenvalue weighted by Gasteiger charge is -2.51. The summed E-state index contributed by atoms with van der Waals surface area (Å²) in [6.45, 7) is -1.09. The maximum Gasteiger partial charge on any atom is 0.187 e. The van der Waals surface area contributed by atoms with Crippen LogP contribution in [0.2, 0.25) is 0 Å². The Morgan fingerprint density at radius 3 is 1.93 bits per heavy atom. The maximum absolute atomic E-state index is 11.0. The molecule has 11 N–H and O–H groups in total. The molecule has 5 fully saturated rings. The molecule has 17 unspecified atom stereocenters. The largest absolute Gasteiger partial charge is 0.394 e. The number of rotatable bonds is 6. The second kappa shape index (κ2) is 13.4. The fourth-order valence-corrected chi connectivity index (χ4v) is 7.02. The van der Waals surface area contributed by atoms with Gasteiger partial charge in [0.05, 0.1) is 55.9 Å². The van der Waals surface area contributed by atoms with E-state index < -0.39 is 123 Å². The zero-order valence-corrected chi connectivity index (χ0v) is 22.9. The first-order valence-corrected chi connectivity index (χ1v) is 14.5. The fraction of sp³-hybridized carbons (Fsp3) is 1.00. The van der Waals surface area contributed by atoms with Gasteiger partial charge in [0.1, 0.15) is 48.8 Å². The van der Waals surface area contributed by atoms with Gasteiger partial charge in [-0.05, 0) is 38.0 Å². The van der Waals surface area contributed by atoms with Crippen LogP contribution in [0, 0.1) is 11.8 Å². The molecule has 0 radical (unpaired) electrons. The molecular weight excluding hydrogens is 568 g/mol. The number of hydrogen-bond donors (Lipinski definition) is 11. The van der Waals surface area contributed by atoms with Crippen molar-refractivity contribution in [2.24, 2.45) is 11.8 Å². The molecule has 16 heteroatoms. The third kappa shape index (κ3) is 6.50. The number of hydrogen-bond acceptors (Lipinski definition) is 16. The van der Waals surface area contributed by atoms with Crippen molar-refractivity contribution in [1.29, 1.82) is 0 Å². The summed E-state index contributed by atoms with van der Waals surface area (Å²) in [6.07, 6.45) is -21.1. The van der Waals surface area contributed by atoms with E-state index in [1.807, 2.05) is 0 Å². The maximum atomic E-state index is 11.0. The highest BCUT2D eigenvalue weighted by Gasteiger charge is 2.54. The summed E-state index contributed by atoms with van der Waals surface area (Å²) in [7, 11) is 0. The topological polar surface area (TPSA) is 269 Å². The van der Waals surface area contributed by atoms with E-state index in [2.05, 4.69) is 0 Å². The van der Waals surface area contributed by atoms with E-state index in [0.29, 0.717) is 0 Å². The van der Waals surface area contributed by atoms with Crippen molar-refractivity contribution in [1.82, 2.24) is 0 Å². The third-order valence-electron chi connectivity index (χ3n) is 9.41. The Hall–Kier alpha value is -0.640. The monoisotopic (exact) mass is 612 g/mol. The summed E-state index contributed by atoms with van der Waals surface area (Å²) < 4.78 is 29.0. The quantitative estimate of drug-likeness (QED) is 0.133. The van der Waals surface area contributed by atoms with E-state index in [1.165, 1.54) is 0 Å². The van der Waals surface area contributed by atoms with Crippen LogP contribution in [-0.4, -0.2) is 174 Å². The van der Waals surface area contributed by atoms with Crippen molar-refractivity contribution < 1.29 is 79.9 Å². The van der Waals surface area contributed by atoms with Crippen molar-refractivity contribution in [2.45, 2.75) is 136 Å². The summed E-state index contributed by atoms with van der Waals surface area (Å²) in [5.74, 6) is -0.983. The van der Waals surface area contributed by atoms with E-state index in [0.717, 1.165) is 0 Å². The van der Waals surface area contributed by atoms with Gasteiger partial charge < -0.3 is 79.9 Å². The molecule has 3 aliphatic heterocycles. The van der Waals surface area contributed by atoms with Crippen LogP contribution in [-0.2, 0) is 23.7 Å². The second-order valence-electron chi connectivity index (χ2n) is 12.3. The van der Waals surface area contributed by atoms with Crippen molar-refractivity contribution in [3.05, 3.63) is 0 Å². The molecule has 2 saturated carbocycles. The summed E-state index contributed by atoms with van der Waals surface area (Å²) in [4.78, 5) is 0. The van der Waals surface area contributed by atoms with Gasteiger partial charge in [-0.2, -0.15) is 0 Å². The Bertz CT molecular complexity index is 869. The highest BCUT2D eigenvalue weighted by Crippen LogP contribution is 2.43. The second-order valence-corrected chi connectivity index (χ2v) is 12.3. The zero-order valence-electron chi connectivity index (χ0n) is 22.9. The predicted molar refractivity (Wildman–Crippen MR) is 134 cm³/mol. The Morgan fingerprint density at radius 2 is 1.26 bits per heavy atom. The molecule has 0 amide bonds. The fourth-order valence-electron chi connectivity index (χ4n) is 7.02. The minimum absolute atomic E-state index is 0.0569. The first kappa shape index (κ1) is 32.7. The number of aliphatic hydroxyl groups excluding tert-OH is 11. The van der Waals surface area contributed by atoms with Crippen LogP contribution in [0.3, 0.4) is 0 Å². The van der Waals surface area contributed by atoms with Gasteiger partial charge in [0.15, 0.2) is 12.6 Å². The Kier molecular flexibility index (Phi) is 10.4. The minimum atomic E-state index is -1.75. The van der Waals surface area contributed by atoms with Crippen LogP contribution in [0.5, 0.6) is 0 Å². The molecule has 0 bridgehead atoms. The zero-order chi connectivity index (χ0) is 30.5. The lowest BCUT2D eigenvalue weighted by Crippen LogP contribution is -2.64. The van der Waals surface area contributed by atoms with Gasteiger partial charge in [0.2, 0.25) is 0 Å².